The van der Waals surface area contributed by atoms with Crippen molar-refractivity contribution in [2.75, 3.05) is 0 Å². The highest BCUT2D eigenvalue weighted by Crippen LogP contribution is 2.45. The maximum Gasteiger partial charge on any atom is 0.303 e. The molecule has 0 aromatic rings. The van der Waals surface area contributed by atoms with E-state index in [2.05, 4.69) is 13.0 Å². The molecular formula is C20H34O5. The molecule has 5 heteroatoms. The molecule has 2 fully saturated rings. The molecule has 2 N–H and O–H groups in total. The predicted molar refractivity (Wildman–Crippen MR) is 96.0 cm³/mol. The van der Waals surface area contributed by atoms with E-state index in [-0.39, 0.29) is 24.7 Å². The first-order valence-electron chi connectivity index (χ1n) is 10.0. The zero-order chi connectivity index (χ0) is 18.1. The van der Waals surface area contributed by atoms with Gasteiger partial charge in [-0.1, -0.05) is 57.6 Å². The molecule has 5 nitrogen and oxygen atoms in total. The smallest absolute Gasteiger partial charge is 0.303 e. The lowest BCUT2D eigenvalue weighted by Gasteiger charge is -2.28. The lowest BCUT2D eigenvalue weighted by Crippen LogP contribution is -2.29. The molecule has 0 amide bonds. The van der Waals surface area contributed by atoms with Crippen LogP contribution in [0.5, 0.6) is 0 Å². The van der Waals surface area contributed by atoms with Gasteiger partial charge in [-0.3, -0.25) is 4.79 Å². The summed E-state index contributed by atoms with van der Waals surface area (Å²) in [6.07, 6.45) is 14.5. The van der Waals surface area contributed by atoms with Crippen LogP contribution in [0.15, 0.2) is 12.2 Å². The van der Waals surface area contributed by atoms with E-state index >= 15 is 0 Å². The average molecular weight is 354 g/mol. The van der Waals surface area contributed by atoms with Gasteiger partial charge in [0.1, 0.15) is 6.10 Å². The Balaban J connectivity index is 1.71. The number of fused-ring (bicyclic) bond motifs is 2. The monoisotopic (exact) mass is 354 g/mol. The number of hydrogen-bond acceptors (Lipinski definition) is 4. The number of carbonyl (C=O) groups is 1. The van der Waals surface area contributed by atoms with E-state index in [9.17, 15) is 9.90 Å². The Morgan fingerprint density at radius 3 is 2.64 bits per heavy atom. The second-order valence-corrected chi connectivity index (χ2v) is 7.54. The van der Waals surface area contributed by atoms with Gasteiger partial charge in [0, 0.05) is 18.8 Å². The van der Waals surface area contributed by atoms with Crippen LogP contribution < -0.4 is 0 Å². The quantitative estimate of drug-likeness (QED) is 0.294. The Labute approximate surface area is 151 Å². The minimum atomic E-state index is -0.707. The van der Waals surface area contributed by atoms with Crippen LogP contribution in [0.4, 0.5) is 0 Å². The van der Waals surface area contributed by atoms with E-state index < -0.39 is 5.97 Å². The lowest BCUT2D eigenvalue weighted by molar-refractivity contribution is -0.337. The van der Waals surface area contributed by atoms with Crippen LogP contribution in [0.1, 0.15) is 77.6 Å². The highest BCUT2D eigenvalue weighted by molar-refractivity contribution is 5.66. The Morgan fingerprint density at radius 2 is 1.88 bits per heavy atom. The van der Waals surface area contributed by atoms with Crippen LogP contribution in [-0.2, 0) is 14.6 Å². The van der Waals surface area contributed by atoms with Crippen molar-refractivity contribution in [1.29, 1.82) is 0 Å². The van der Waals surface area contributed by atoms with Crippen molar-refractivity contribution >= 4 is 5.97 Å². The molecule has 0 spiro atoms. The molecule has 2 aliphatic rings. The minimum Gasteiger partial charge on any atom is -0.481 e. The number of carboxylic acid groups (broad SMARTS) is 1. The molecule has 1 aliphatic heterocycles. The standard InChI is InChI=1S/C20H34O5/c1-2-3-6-9-15(21)12-13-17-16(18-14-19(17)25-24-18)10-7-4-5-8-11-20(22)23/h12-13,15-19,21H,2-11,14H2,1H3,(H,22,23)/b13-12+/t15-,16+,17+,18?,19?/m1/s1. The van der Waals surface area contributed by atoms with Gasteiger partial charge in [0.15, 0.2) is 0 Å². The number of aliphatic hydroxyl groups is 1. The van der Waals surface area contributed by atoms with Crippen molar-refractivity contribution in [3.63, 3.8) is 0 Å². The van der Waals surface area contributed by atoms with Gasteiger partial charge in [-0.15, -0.1) is 0 Å². The van der Waals surface area contributed by atoms with Gasteiger partial charge in [-0.25, -0.2) is 9.78 Å². The van der Waals surface area contributed by atoms with Crippen molar-refractivity contribution in [2.24, 2.45) is 11.8 Å². The van der Waals surface area contributed by atoms with Crippen molar-refractivity contribution in [3.8, 4) is 0 Å². The maximum absolute atomic E-state index is 10.5. The molecule has 1 heterocycles. The number of aliphatic hydroxyl groups excluding tert-OH is 1. The molecule has 144 valence electrons. The normalized spacial score (nSPS) is 29.5. The summed E-state index contributed by atoms with van der Waals surface area (Å²) in [7, 11) is 0. The summed E-state index contributed by atoms with van der Waals surface area (Å²) in [5.41, 5.74) is 0. The largest absolute Gasteiger partial charge is 0.481 e. The Kier molecular flexibility index (Phi) is 8.93. The van der Waals surface area contributed by atoms with Crippen LogP contribution in [0.3, 0.4) is 0 Å². The zero-order valence-corrected chi connectivity index (χ0v) is 15.4. The lowest BCUT2D eigenvalue weighted by atomic mass is 9.87. The molecule has 0 radical (unpaired) electrons. The van der Waals surface area contributed by atoms with Gasteiger partial charge in [-0.2, -0.15) is 0 Å². The number of unbranched alkanes of at least 4 members (excludes halogenated alkanes) is 5. The molecule has 0 aromatic carbocycles. The number of aliphatic carboxylic acids is 1. The average Bonchev–Trinajstić information content (AvgIpc) is 3.17. The molecule has 1 saturated carbocycles. The molecule has 5 atom stereocenters. The Hall–Kier alpha value is -0.910. The van der Waals surface area contributed by atoms with Crippen molar-refractivity contribution in [2.45, 2.75) is 95.9 Å². The van der Waals surface area contributed by atoms with Crippen LogP contribution in [-0.4, -0.2) is 34.5 Å². The summed E-state index contributed by atoms with van der Waals surface area (Å²) < 4.78 is 0. The number of hydrogen-bond donors (Lipinski definition) is 2. The Bertz CT molecular complexity index is 422. The third-order valence-corrected chi connectivity index (χ3v) is 5.51. The van der Waals surface area contributed by atoms with Crippen LogP contribution in [0.2, 0.25) is 0 Å². The molecule has 0 aromatic heterocycles. The van der Waals surface area contributed by atoms with E-state index in [4.69, 9.17) is 14.9 Å². The highest BCUT2D eigenvalue weighted by atomic mass is 17.2. The zero-order valence-electron chi connectivity index (χ0n) is 15.4. The highest BCUT2D eigenvalue weighted by Gasteiger charge is 2.49. The van der Waals surface area contributed by atoms with E-state index in [1.807, 2.05) is 6.08 Å². The van der Waals surface area contributed by atoms with Gasteiger partial charge < -0.3 is 10.2 Å². The van der Waals surface area contributed by atoms with E-state index in [1.165, 1.54) is 12.8 Å². The van der Waals surface area contributed by atoms with Gasteiger partial charge in [-0.05, 0) is 25.2 Å². The summed E-state index contributed by atoms with van der Waals surface area (Å²) in [6, 6.07) is 0. The van der Waals surface area contributed by atoms with Crippen LogP contribution in [0.25, 0.3) is 0 Å². The summed E-state index contributed by atoms with van der Waals surface area (Å²) >= 11 is 0. The second kappa shape index (κ2) is 10.9. The molecule has 25 heavy (non-hydrogen) atoms. The van der Waals surface area contributed by atoms with Gasteiger partial charge in [0.25, 0.3) is 0 Å². The first-order valence-corrected chi connectivity index (χ1v) is 10.0. The summed E-state index contributed by atoms with van der Waals surface area (Å²) in [5, 5.41) is 18.8. The topological polar surface area (TPSA) is 76.0 Å². The molecule has 1 aliphatic carbocycles. The third-order valence-electron chi connectivity index (χ3n) is 5.51. The fraction of sp³-hybridized carbons (Fsp3) is 0.850. The molecule has 2 bridgehead atoms. The van der Waals surface area contributed by atoms with Gasteiger partial charge in [0.2, 0.25) is 0 Å². The second-order valence-electron chi connectivity index (χ2n) is 7.54. The van der Waals surface area contributed by atoms with Gasteiger partial charge in [0.05, 0.1) is 12.2 Å². The first kappa shape index (κ1) is 20.4. The van der Waals surface area contributed by atoms with Gasteiger partial charge >= 0.3 is 5.97 Å². The molecule has 1 saturated heterocycles. The van der Waals surface area contributed by atoms with Crippen molar-refractivity contribution in [1.82, 2.24) is 0 Å². The van der Waals surface area contributed by atoms with Crippen molar-refractivity contribution in [3.05, 3.63) is 12.2 Å². The van der Waals surface area contributed by atoms with Crippen LogP contribution >= 0.6 is 0 Å². The number of rotatable bonds is 13. The fourth-order valence-corrected chi connectivity index (χ4v) is 4.05. The van der Waals surface area contributed by atoms with E-state index in [1.54, 1.807) is 0 Å². The summed E-state index contributed by atoms with van der Waals surface area (Å²) in [6.45, 7) is 2.17. The molecular weight excluding hydrogens is 320 g/mol. The Morgan fingerprint density at radius 1 is 1.12 bits per heavy atom. The van der Waals surface area contributed by atoms with Crippen LogP contribution in [0, 0.1) is 11.8 Å². The maximum atomic E-state index is 10.5. The predicted octanol–water partition coefficient (Wildman–Crippen LogP) is 4.24. The third kappa shape index (κ3) is 6.72. The first-order chi connectivity index (χ1) is 12.1. The SMILES string of the molecule is CCCCC[C@@H](O)/C=C/[C@@H]1C2CC(OO2)[C@H]1CCCCCCC(=O)O. The van der Waals surface area contributed by atoms with E-state index in [0.29, 0.717) is 11.8 Å². The molecule has 2 rings (SSSR count). The fourth-order valence-electron chi connectivity index (χ4n) is 4.05. The minimum absolute atomic E-state index is 0.126. The summed E-state index contributed by atoms with van der Waals surface area (Å²) in [5.74, 6) is 0.0808. The van der Waals surface area contributed by atoms with Crippen molar-refractivity contribution < 1.29 is 24.8 Å². The molecule has 2 unspecified atom stereocenters. The summed E-state index contributed by atoms with van der Waals surface area (Å²) in [4.78, 5) is 21.3. The van der Waals surface area contributed by atoms with E-state index in [0.717, 1.165) is 51.4 Å². The number of carboxylic acids is 1.